The fourth-order valence-electron chi connectivity index (χ4n) is 3.01. The Morgan fingerprint density at radius 1 is 1.30 bits per heavy atom. The molecule has 20 heavy (non-hydrogen) atoms. The van der Waals surface area contributed by atoms with Crippen LogP contribution in [0.15, 0.2) is 42.0 Å². The van der Waals surface area contributed by atoms with Crippen LogP contribution in [-0.4, -0.2) is 15.1 Å². The summed E-state index contributed by atoms with van der Waals surface area (Å²) >= 11 is 1.66. The summed E-state index contributed by atoms with van der Waals surface area (Å²) in [6, 6.07) is 8.13. The molecule has 0 saturated heterocycles. The van der Waals surface area contributed by atoms with E-state index in [0.29, 0.717) is 0 Å². The zero-order valence-corrected chi connectivity index (χ0v) is 11.7. The molecule has 1 aliphatic rings. The van der Waals surface area contributed by atoms with Crippen LogP contribution in [0.25, 0.3) is 10.2 Å². The van der Waals surface area contributed by atoms with Crippen molar-refractivity contribution in [1.82, 2.24) is 9.97 Å². The van der Waals surface area contributed by atoms with Crippen molar-refractivity contribution in [2.75, 3.05) is 0 Å². The second-order valence-corrected chi connectivity index (χ2v) is 6.16. The molecule has 0 saturated carbocycles. The van der Waals surface area contributed by atoms with Crippen molar-refractivity contribution in [1.29, 1.82) is 0 Å². The highest BCUT2D eigenvalue weighted by atomic mass is 32.1. The maximum absolute atomic E-state index is 10.7. The molecular formula is C16H14N2OS. The van der Waals surface area contributed by atoms with Gasteiger partial charge in [0.1, 0.15) is 0 Å². The first-order chi connectivity index (χ1) is 9.83. The standard InChI is InChI=1S/C16H14N2OS/c19-16(11-8-14-13(18-9-11)5-7-20-14)12-4-3-10-2-1-6-17-15(10)12/h1-2,5-9,12,16,19H,3-4H2. The minimum atomic E-state index is -0.523. The third-order valence-corrected chi connectivity index (χ3v) is 4.90. The Balaban J connectivity index is 1.72. The summed E-state index contributed by atoms with van der Waals surface area (Å²) in [7, 11) is 0. The Morgan fingerprint density at radius 2 is 2.25 bits per heavy atom. The predicted molar refractivity (Wildman–Crippen MR) is 79.9 cm³/mol. The van der Waals surface area contributed by atoms with E-state index in [-0.39, 0.29) is 5.92 Å². The molecule has 3 nitrogen and oxygen atoms in total. The average Bonchev–Trinajstić information content (AvgIpc) is 3.12. The van der Waals surface area contributed by atoms with Gasteiger partial charge in [0.15, 0.2) is 0 Å². The van der Waals surface area contributed by atoms with Crippen LogP contribution in [0.5, 0.6) is 0 Å². The fourth-order valence-corrected chi connectivity index (χ4v) is 3.80. The Hall–Kier alpha value is -1.78. The maximum atomic E-state index is 10.7. The average molecular weight is 282 g/mol. The number of aromatic nitrogens is 2. The molecule has 100 valence electrons. The molecule has 3 aromatic heterocycles. The van der Waals surface area contributed by atoms with E-state index in [0.717, 1.165) is 34.3 Å². The largest absolute Gasteiger partial charge is 0.388 e. The van der Waals surface area contributed by atoms with Gasteiger partial charge in [0, 0.05) is 29.6 Å². The van der Waals surface area contributed by atoms with Gasteiger partial charge >= 0.3 is 0 Å². The van der Waals surface area contributed by atoms with E-state index >= 15 is 0 Å². The Bertz CT molecular complexity index is 768. The fraction of sp³-hybridized carbons (Fsp3) is 0.250. The number of aryl methyl sites for hydroxylation is 1. The number of hydrogen-bond acceptors (Lipinski definition) is 4. The summed E-state index contributed by atoms with van der Waals surface area (Å²) in [5.41, 5.74) is 4.20. The van der Waals surface area contributed by atoms with Crippen molar-refractivity contribution in [3.05, 3.63) is 58.9 Å². The lowest BCUT2D eigenvalue weighted by Crippen LogP contribution is -2.09. The highest BCUT2D eigenvalue weighted by molar-refractivity contribution is 7.17. The first-order valence-corrected chi connectivity index (χ1v) is 7.66. The molecule has 4 heteroatoms. The topological polar surface area (TPSA) is 46.0 Å². The van der Waals surface area contributed by atoms with Crippen LogP contribution in [-0.2, 0) is 6.42 Å². The second-order valence-electron chi connectivity index (χ2n) is 5.21. The minimum Gasteiger partial charge on any atom is -0.388 e. The van der Waals surface area contributed by atoms with Crippen LogP contribution in [0.1, 0.15) is 35.3 Å². The number of aliphatic hydroxyl groups is 1. The quantitative estimate of drug-likeness (QED) is 0.783. The second kappa shape index (κ2) is 4.65. The van der Waals surface area contributed by atoms with Crippen LogP contribution in [0, 0.1) is 0 Å². The molecule has 0 aliphatic heterocycles. The van der Waals surface area contributed by atoms with Gasteiger partial charge in [-0.2, -0.15) is 0 Å². The molecule has 3 aromatic rings. The van der Waals surface area contributed by atoms with E-state index in [9.17, 15) is 5.11 Å². The lowest BCUT2D eigenvalue weighted by atomic mass is 9.94. The molecule has 0 radical (unpaired) electrons. The van der Waals surface area contributed by atoms with E-state index in [1.54, 1.807) is 17.5 Å². The van der Waals surface area contributed by atoms with Gasteiger partial charge in [-0.25, -0.2) is 0 Å². The summed E-state index contributed by atoms with van der Waals surface area (Å²) in [4.78, 5) is 8.88. The summed E-state index contributed by atoms with van der Waals surface area (Å²) in [6.07, 6.45) is 5.03. The number of hydrogen-bond donors (Lipinski definition) is 1. The number of rotatable bonds is 2. The maximum Gasteiger partial charge on any atom is 0.0889 e. The lowest BCUT2D eigenvalue weighted by molar-refractivity contribution is 0.143. The van der Waals surface area contributed by atoms with Crippen molar-refractivity contribution in [2.45, 2.75) is 24.9 Å². The Labute approximate surface area is 120 Å². The third-order valence-electron chi connectivity index (χ3n) is 4.05. The lowest BCUT2D eigenvalue weighted by Gasteiger charge is -2.18. The number of thiophene rings is 1. The van der Waals surface area contributed by atoms with E-state index in [4.69, 9.17) is 0 Å². The summed E-state index contributed by atoms with van der Waals surface area (Å²) < 4.78 is 1.13. The van der Waals surface area contributed by atoms with Gasteiger partial charge in [-0.1, -0.05) is 6.07 Å². The van der Waals surface area contributed by atoms with E-state index in [2.05, 4.69) is 22.1 Å². The number of fused-ring (bicyclic) bond motifs is 2. The first-order valence-electron chi connectivity index (χ1n) is 6.78. The van der Waals surface area contributed by atoms with Crippen LogP contribution >= 0.6 is 11.3 Å². The molecule has 4 rings (SSSR count). The van der Waals surface area contributed by atoms with Crippen LogP contribution < -0.4 is 0 Å². The van der Waals surface area contributed by atoms with Gasteiger partial charge in [0.25, 0.3) is 0 Å². The molecule has 0 spiro atoms. The molecule has 1 aliphatic carbocycles. The van der Waals surface area contributed by atoms with E-state index in [1.807, 2.05) is 23.7 Å². The van der Waals surface area contributed by atoms with E-state index in [1.165, 1.54) is 5.56 Å². The summed E-state index contributed by atoms with van der Waals surface area (Å²) in [6.45, 7) is 0. The SMILES string of the molecule is OC(c1cnc2ccsc2c1)C1CCc2cccnc21. The number of nitrogens with zero attached hydrogens (tertiary/aromatic N) is 2. The summed E-state index contributed by atoms with van der Waals surface area (Å²) in [5.74, 6) is 0.0883. The highest BCUT2D eigenvalue weighted by Gasteiger charge is 2.30. The molecule has 2 unspecified atom stereocenters. The smallest absolute Gasteiger partial charge is 0.0889 e. The van der Waals surface area contributed by atoms with Crippen molar-refractivity contribution in [3.63, 3.8) is 0 Å². The van der Waals surface area contributed by atoms with Gasteiger partial charge in [0.05, 0.1) is 16.3 Å². The zero-order valence-electron chi connectivity index (χ0n) is 10.9. The van der Waals surface area contributed by atoms with E-state index < -0.39 is 6.10 Å². The van der Waals surface area contributed by atoms with Gasteiger partial charge in [0.2, 0.25) is 0 Å². The van der Waals surface area contributed by atoms with Gasteiger partial charge < -0.3 is 5.11 Å². The third kappa shape index (κ3) is 1.84. The molecule has 2 atom stereocenters. The van der Waals surface area contributed by atoms with Crippen LogP contribution in [0.2, 0.25) is 0 Å². The molecule has 3 heterocycles. The Kier molecular flexibility index (Phi) is 2.79. The number of aliphatic hydroxyl groups excluding tert-OH is 1. The van der Waals surface area contributed by atoms with Gasteiger partial charge in [-0.05, 0) is 42.0 Å². The molecule has 1 N–H and O–H groups in total. The first kappa shape index (κ1) is 12.0. The number of pyridine rings is 2. The molecule has 0 bridgehead atoms. The van der Waals surface area contributed by atoms with Crippen molar-refractivity contribution >= 4 is 21.6 Å². The highest BCUT2D eigenvalue weighted by Crippen LogP contribution is 2.40. The van der Waals surface area contributed by atoms with Crippen molar-refractivity contribution < 1.29 is 5.11 Å². The van der Waals surface area contributed by atoms with Gasteiger partial charge in [-0.3, -0.25) is 9.97 Å². The predicted octanol–water partition coefficient (Wildman–Crippen LogP) is 3.45. The molecular weight excluding hydrogens is 268 g/mol. The minimum absolute atomic E-state index is 0.0883. The Morgan fingerprint density at radius 3 is 3.20 bits per heavy atom. The zero-order chi connectivity index (χ0) is 13.5. The normalized spacial score (nSPS) is 19.1. The van der Waals surface area contributed by atoms with Gasteiger partial charge in [-0.15, -0.1) is 11.3 Å². The van der Waals surface area contributed by atoms with Crippen molar-refractivity contribution in [2.24, 2.45) is 0 Å². The molecule has 0 aromatic carbocycles. The molecule has 0 amide bonds. The monoisotopic (exact) mass is 282 g/mol. The molecule has 0 fully saturated rings. The van der Waals surface area contributed by atoms with Crippen LogP contribution in [0.4, 0.5) is 0 Å². The van der Waals surface area contributed by atoms with Crippen LogP contribution in [0.3, 0.4) is 0 Å². The van der Waals surface area contributed by atoms with Crippen molar-refractivity contribution in [3.8, 4) is 0 Å². The summed E-state index contributed by atoms with van der Waals surface area (Å²) in [5, 5.41) is 12.7.